The van der Waals surface area contributed by atoms with Gasteiger partial charge < -0.3 is 15.2 Å². The van der Waals surface area contributed by atoms with Gasteiger partial charge >= 0.3 is 0 Å². The number of ether oxygens (including phenoxy) is 1. The Balaban J connectivity index is 2.26. The van der Waals surface area contributed by atoms with E-state index in [1.165, 1.54) is 5.56 Å². The third-order valence-electron chi connectivity index (χ3n) is 2.23. The van der Waals surface area contributed by atoms with Crippen molar-refractivity contribution in [3.63, 3.8) is 0 Å². The predicted octanol–water partition coefficient (Wildman–Crippen LogP) is 1.73. The molecular formula is C13H21NO2. The fourth-order valence-electron chi connectivity index (χ4n) is 1.26. The van der Waals surface area contributed by atoms with Crippen LogP contribution >= 0.6 is 0 Å². The van der Waals surface area contributed by atoms with Crippen molar-refractivity contribution in [3.05, 3.63) is 29.8 Å². The first-order valence-electron chi connectivity index (χ1n) is 5.69. The second kappa shape index (κ2) is 6.51. The predicted molar refractivity (Wildman–Crippen MR) is 65.8 cm³/mol. The molecule has 1 rings (SSSR count). The molecule has 1 atom stereocenters. The Hall–Kier alpha value is -1.06. The summed E-state index contributed by atoms with van der Waals surface area (Å²) in [6.07, 6.45) is -0.469. The van der Waals surface area contributed by atoms with Crippen molar-refractivity contribution in [2.75, 3.05) is 13.2 Å². The van der Waals surface area contributed by atoms with Crippen molar-refractivity contribution in [2.45, 2.75) is 32.9 Å². The van der Waals surface area contributed by atoms with Crippen molar-refractivity contribution in [1.29, 1.82) is 0 Å². The molecule has 3 nitrogen and oxygen atoms in total. The number of aliphatic hydroxyl groups excluding tert-OH is 1. The molecule has 1 aromatic rings. The van der Waals surface area contributed by atoms with Crippen LogP contribution in [-0.4, -0.2) is 30.4 Å². The number of aliphatic hydroxyl groups is 1. The summed E-state index contributed by atoms with van der Waals surface area (Å²) in [6.45, 7) is 7.01. The molecule has 0 amide bonds. The molecule has 0 fully saturated rings. The third kappa shape index (κ3) is 5.14. The zero-order valence-electron chi connectivity index (χ0n) is 10.2. The van der Waals surface area contributed by atoms with Gasteiger partial charge in [0.05, 0.1) is 0 Å². The molecule has 16 heavy (non-hydrogen) atoms. The van der Waals surface area contributed by atoms with Gasteiger partial charge in [0.15, 0.2) is 0 Å². The highest BCUT2D eigenvalue weighted by Crippen LogP contribution is 2.11. The van der Waals surface area contributed by atoms with E-state index in [1.807, 2.05) is 45.0 Å². The quantitative estimate of drug-likeness (QED) is 0.771. The van der Waals surface area contributed by atoms with Crippen LogP contribution in [0.25, 0.3) is 0 Å². The van der Waals surface area contributed by atoms with Crippen LogP contribution in [0.1, 0.15) is 19.4 Å². The number of hydrogen-bond donors (Lipinski definition) is 2. The van der Waals surface area contributed by atoms with Crippen LogP contribution in [-0.2, 0) is 0 Å². The zero-order chi connectivity index (χ0) is 12.0. The number of nitrogens with one attached hydrogen (secondary N) is 1. The molecule has 90 valence electrons. The van der Waals surface area contributed by atoms with E-state index in [0.717, 1.165) is 5.75 Å². The Morgan fingerprint density at radius 3 is 2.44 bits per heavy atom. The van der Waals surface area contributed by atoms with Crippen molar-refractivity contribution >= 4 is 0 Å². The first-order valence-corrected chi connectivity index (χ1v) is 5.69. The van der Waals surface area contributed by atoms with Crippen molar-refractivity contribution < 1.29 is 9.84 Å². The van der Waals surface area contributed by atoms with E-state index in [-0.39, 0.29) is 0 Å². The highest BCUT2D eigenvalue weighted by Gasteiger charge is 2.05. The van der Waals surface area contributed by atoms with Crippen molar-refractivity contribution in [2.24, 2.45) is 0 Å². The standard InChI is InChI=1S/C13H21NO2/c1-10(2)14-8-12(15)9-16-13-6-4-11(3)5-7-13/h4-7,10,12,14-15H,8-9H2,1-3H3/t12-/m1/s1. The van der Waals surface area contributed by atoms with Crippen LogP contribution in [0.3, 0.4) is 0 Å². The van der Waals surface area contributed by atoms with Crippen LogP contribution in [0.5, 0.6) is 5.75 Å². The number of benzene rings is 1. The Bertz CT molecular complexity index is 295. The number of aryl methyl sites for hydroxylation is 1. The highest BCUT2D eigenvalue weighted by atomic mass is 16.5. The lowest BCUT2D eigenvalue weighted by Crippen LogP contribution is -2.35. The largest absolute Gasteiger partial charge is 0.491 e. The lowest BCUT2D eigenvalue weighted by molar-refractivity contribution is 0.104. The summed E-state index contributed by atoms with van der Waals surface area (Å²) in [5.74, 6) is 0.800. The van der Waals surface area contributed by atoms with E-state index in [0.29, 0.717) is 19.2 Å². The van der Waals surface area contributed by atoms with E-state index in [9.17, 15) is 5.11 Å². The summed E-state index contributed by atoms with van der Waals surface area (Å²) >= 11 is 0. The minimum Gasteiger partial charge on any atom is -0.491 e. The molecule has 0 bridgehead atoms. The SMILES string of the molecule is Cc1ccc(OC[C@H](O)CNC(C)C)cc1. The molecule has 3 heteroatoms. The van der Waals surface area contributed by atoms with Crippen LogP contribution in [0.4, 0.5) is 0 Å². The van der Waals surface area contributed by atoms with E-state index < -0.39 is 6.10 Å². The van der Waals surface area contributed by atoms with Gasteiger partial charge in [0.1, 0.15) is 18.5 Å². The maximum Gasteiger partial charge on any atom is 0.119 e. The minimum atomic E-state index is -0.469. The summed E-state index contributed by atoms with van der Waals surface area (Å²) in [6, 6.07) is 8.20. The molecule has 1 aromatic carbocycles. The monoisotopic (exact) mass is 223 g/mol. The highest BCUT2D eigenvalue weighted by molar-refractivity contribution is 5.26. The van der Waals surface area contributed by atoms with Crippen LogP contribution in [0.2, 0.25) is 0 Å². The van der Waals surface area contributed by atoms with Gasteiger partial charge in [0, 0.05) is 12.6 Å². The van der Waals surface area contributed by atoms with Gasteiger partial charge in [-0.2, -0.15) is 0 Å². The maximum atomic E-state index is 9.63. The second-order valence-electron chi connectivity index (χ2n) is 4.34. The van der Waals surface area contributed by atoms with Gasteiger partial charge in [-0.3, -0.25) is 0 Å². The van der Waals surface area contributed by atoms with Gasteiger partial charge in [-0.05, 0) is 19.1 Å². The molecule has 0 saturated heterocycles. The lowest BCUT2D eigenvalue weighted by Gasteiger charge is -2.15. The van der Waals surface area contributed by atoms with E-state index in [2.05, 4.69) is 5.32 Å². The molecule has 0 aliphatic heterocycles. The third-order valence-corrected chi connectivity index (χ3v) is 2.23. The molecule has 0 aliphatic carbocycles. The molecule has 0 aromatic heterocycles. The van der Waals surface area contributed by atoms with Gasteiger partial charge in [0.2, 0.25) is 0 Å². The first-order chi connectivity index (χ1) is 7.58. The Kier molecular flexibility index (Phi) is 5.29. The average molecular weight is 223 g/mol. The normalized spacial score (nSPS) is 12.8. The molecule has 2 N–H and O–H groups in total. The summed E-state index contributed by atoms with van der Waals surface area (Å²) in [7, 11) is 0. The second-order valence-corrected chi connectivity index (χ2v) is 4.34. The minimum absolute atomic E-state index is 0.322. The summed E-state index contributed by atoms with van der Waals surface area (Å²) < 4.78 is 5.47. The van der Waals surface area contributed by atoms with Crippen molar-refractivity contribution in [1.82, 2.24) is 5.32 Å². The van der Waals surface area contributed by atoms with Gasteiger partial charge in [-0.1, -0.05) is 31.5 Å². The summed E-state index contributed by atoms with van der Waals surface area (Å²) in [5.41, 5.74) is 1.20. The molecule has 0 radical (unpaired) electrons. The first kappa shape index (κ1) is 13.0. The fourth-order valence-corrected chi connectivity index (χ4v) is 1.26. The molecule has 0 spiro atoms. The van der Waals surface area contributed by atoms with Gasteiger partial charge in [0.25, 0.3) is 0 Å². The molecule has 0 heterocycles. The van der Waals surface area contributed by atoms with Crippen LogP contribution in [0.15, 0.2) is 24.3 Å². The van der Waals surface area contributed by atoms with E-state index in [4.69, 9.17) is 4.74 Å². The Morgan fingerprint density at radius 1 is 1.25 bits per heavy atom. The molecule has 0 saturated carbocycles. The van der Waals surface area contributed by atoms with Gasteiger partial charge in [-0.25, -0.2) is 0 Å². The smallest absolute Gasteiger partial charge is 0.119 e. The summed E-state index contributed by atoms with van der Waals surface area (Å²) in [5, 5.41) is 12.8. The van der Waals surface area contributed by atoms with Gasteiger partial charge in [-0.15, -0.1) is 0 Å². The maximum absolute atomic E-state index is 9.63. The van der Waals surface area contributed by atoms with Crippen molar-refractivity contribution in [3.8, 4) is 5.75 Å². The Labute approximate surface area is 97.4 Å². The summed E-state index contributed by atoms with van der Waals surface area (Å²) in [4.78, 5) is 0. The fraction of sp³-hybridized carbons (Fsp3) is 0.538. The Morgan fingerprint density at radius 2 is 1.88 bits per heavy atom. The van der Waals surface area contributed by atoms with Crippen LogP contribution in [0, 0.1) is 6.92 Å². The molecular weight excluding hydrogens is 202 g/mol. The molecule has 0 unspecified atom stereocenters. The number of hydrogen-bond acceptors (Lipinski definition) is 3. The number of rotatable bonds is 6. The van der Waals surface area contributed by atoms with Crippen LogP contribution < -0.4 is 10.1 Å². The lowest BCUT2D eigenvalue weighted by atomic mass is 10.2. The molecule has 0 aliphatic rings. The zero-order valence-corrected chi connectivity index (χ0v) is 10.2. The average Bonchev–Trinajstić information content (AvgIpc) is 2.25. The van der Waals surface area contributed by atoms with E-state index >= 15 is 0 Å². The topological polar surface area (TPSA) is 41.5 Å². The van der Waals surface area contributed by atoms with E-state index in [1.54, 1.807) is 0 Å².